The zero-order chi connectivity index (χ0) is 12.8. The van der Waals surface area contributed by atoms with Gasteiger partial charge < -0.3 is 14.9 Å². The van der Waals surface area contributed by atoms with Gasteiger partial charge in [0.15, 0.2) is 6.61 Å². The first kappa shape index (κ1) is 15.8. The van der Waals surface area contributed by atoms with Crippen molar-refractivity contribution in [3.8, 4) is 5.75 Å². The predicted octanol–water partition coefficient (Wildman–Crippen LogP) is 2.80. The molecule has 1 fully saturated rings. The maximum Gasteiger partial charge on any atom is 0.248 e. The van der Waals surface area contributed by atoms with Crippen LogP contribution in [0.5, 0.6) is 5.75 Å². The molecule has 104 valence electrons. The van der Waals surface area contributed by atoms with E-state index in [1.807, 2.05) is 12.1 Å². The molecule has 2 atom stereocenters. The Kier molecular flexibility index (Phi) is 6.69. The van der Waals surface area contributed by atoms with Crippen molar-refractivity contribution in [2.75, 3.05) is 26.2 Å². The van der Waals surface area contributed by atoms with E-state index in [2.05, 4.69) is 29.2 Å². The Morgan fingerprint density at radius 3 is 2.63 bits per heavy atom. The molecule has 1 aromatic rings. The van der Waals surface area contributed by atoms with Gasteiger partial charge in [0.2, 0.25) is 6.54 Å². The molecule has 0 saturated carbocycles. The van der Waals surface area contributed by atoms with Crippen LogP contribution in [0.4, 0.5) is 0 Å². The van der Waals surface area contributed by atoms with E-state index in [1.54, 1.807) is 0 Å². The molecule has 19 heavy (non-hydrogen) atoms. The van der Waals surface area contributed by atoms with Crippen LogP contribution in [0, 0.1) is 18.4 Å². The number of nitrogens with zero attached hydrogens (tertiary/aromatic N) is 1. The van der Waals surface area contributed by atoms with Crippen molar-refractivity contribution in [1.82, 2.24) is 5.32 Å². The van der Waals surface area contributed by atoms with Crippen LogP contribution in [0.1, 0.15) is 12.5 Å². The maximum atomic E-state index is 6.69. The second-order valence-electron chi connectivity index (χ2n) is 4.97. The summed E-state index contributed by atoms with van der Waals surface area (Å²) in [6, 6.07) is 8.29. The molecule has 1 aliphatic heterocycles. The van der Waals surface area contributed by atoms with Gasteiger partial charge in [-0.05, 0) is 49.0 Å². The number of ether oxygens (including phenoxy) is 1. The highest BCUT2D eigenvalue weighted by Crippen LogP contribution is 2.22. The Morgan fingerprint density at radius 2 is 2.05 bits per heavy atom. The minimum atomic E-state index is 0. The molecule has 1 N–H and O–H groups in total. The highest BCUT2D eigenvalue weighted by molar-refractivity contribution is 5.85. The summed E-state index contributed by atoms with van der Waals surface area (Å²) in [4.78, 5) is 3.26. The quantitative estimate of drug-likeness (QED) is 0.663. The lowest BCUT2D eigenvalue weighted by molar-refractivity contribution is 0.336. The van der Waals surface area contributed by atoms with Gasteiger partial charge in [-0.1, -0.05) is 19.1 Å². The molecule has 2 rings (SSSR count). The molecule has 0 amide bonds. The van der Waals surface area contributed by atoms with Gasteiger partial charge in [0.25, 0.3) is 0 Å². The Morgan fingerprint density at radius 1 is 1.32 bits per heavy atom. The van der Waals surface area contributed by atoms with E-state index < -0.39 is 0 Å². The SMILES string of the molecule is Cl.[C-]#[N+]CCOc1ccc(C[C@@H]2CNC[C@@H]2C)cc1. The molecule has 0 aromatic heterocycles. The van der Waals surface area contributed by atoms with Crippen molar-refractivity contribution in [3.63, 3.8) is 0 Å². The van der Waals surface area contributed by atoms with Crippen LogP contribution in [-0.4, -0.2) is 26.2 Å². The molecule has 0 unspecified atom stereocenters. The van der Waals surface area contributed by atoms with Gasteiger partial charge in [0, 0.05) is 0 Å². The fourth-order valence-corrected chi connectivity index (χ4v) is 2.37. The van der Waals surface area contributed by atoms with E-state index in [1.165, 1.54) is 5.56 Å². The largest absolute Gasteiger partial charge is 0.486 e. The first-order chi connectivity index (χ1) is 8.79. The third kappa shape index (κ3) is 4.74. The van der Waals surface area contributed by atoms with E-state index in [9.17, 15) is 0 Å². The van der Waals surface area contributed by atoms with E-state index in [0.29, 0.717) is 13.2 Å². The van der Waals surface area contributed by atoms with Crippen molar-refractivity contribution in [1.29, 1.82) is 0 Å². The maximum absolute atomic E-state index is 6.69. The van der Waals surface area contributed by atoms with E-state index in [0.717, 1.165) is 37.1 Å². The molecule has 1 aromatic carbocycles. The lowest BCUT2D eigenvalue weighted by atomic mass is 9.91. The Bertz CT molecular complexity index is 413. The first-order valence-electron chi connectivity index (χ1n) is 6.55. The summed E-state index contributed by atoms with van der Waals surface area (Å²) in [5.74, 6) is 2.37. The molecule has 0 spiro atoms. The summed E-state index contributed by atoms with van der Waals surface area (Å²) in [6.07, 6.45) is 1.14. The summed E-state index contributed by atoms with van der Waals surface area (Å²) >= 11 is 0. The zero-order valence-corrected chi connectivity index (χ0v) is 12.1. The van der Waals surface area contributed by atoms with Gasteiger partial charge in [-0.25, -0.2) is 6.57 Å². The molecular formula is C15H21ClN2O. The first-order valence-corrected chi connectivity index (χ1v) is 6.55. The number of nitrogens with one attached hydrogen (secondary N) is 1. The van der Waals surface area contributed by atoms with Crippen LogP contribution >= 0.6 is 12.4 Å². The average molecular weight is 281 g/mol. The molecule has 3 nitrogen and oxygen atoms in total. The zero-order valence-electron chi connectivity index (χ0n) is 11.3. The van der Waals surface area contributed by atoms with Crippen LogP contribution < -0.4 is 10.1 Å². The fourth-order valence-electron chi connectivity index (χ4n) is 2.37. The highest BCUT2D eigenvalue weighted by Gasteiger charge is 2.22. The molecule has 1 heterocycles. The second kappa shape index (κ2) is 8.04. The smallest absolute Gasteiger partial charge is 0.248 e. The number of benzene rings is 1. The van der Waals surface area contributed by atoms with E-state index in [-0.39, 0.29) is 12.4 Å². The molecule has 0 bridgehead atoms. The highest BCUT2D eigenvalue weighted by atomic mass is 35.5. The monoisotopic (exact) mass is 280 g/mol. The van der Waals surface area contributed by atoms with Gasteiger partial charge in [-0.15, -0.1) is 12.4 Å². The molecule has 0 aliphatic carbocycles. The summed E-state index contributed by atoms with van der Waals surface area (Å²) in [6.45, 7) is 12.2. The van der Waals surface area contributed by atoms with Crippen LogP contribution in [0.25, 0.3) is 4.85 Å². The van der Waals surface area contributed by atoms with Gasteiger partial charge in [-0.3, -0.25) is 0 Å². The topological polar surface area (TPSA) is 25.6 Å². The van der Waals surface area contributed by atoms with Crippen molar-refractivity contribution >= 4 is 12.4 Å². The van der Waals surface area contributed by atoms with Gasteiger partial charge in [0.1, 0.15) is 5.75 Å². The van der Waals surface area contributed by atoms with E-state index >= 15 is 0 Å². The Balaban J connectivity index is 0.00000180. The standard InChI is InChI=1S/C15H20N2O.ClH/c1-12-10-17-11-14(12)9-13-3-5-15(6-4-13)18-8-7-16-2;/h3-6,12,14,17H,7-11H2,1H3;1H/t12-,14+;/m0./s1. The molecule has 1 aliphatic rings. The third-order valence-electron chi connectivity index (χ3n) is 3.57. The number of halogens is 1. The van der Waals surface area contributed by atoms with Gasteiger partial charge >= 0.3 is 0 Å². The summed E-state index contributed by atoms with van der Waals surface area (Å²) in [5, 5.41) is 3.44. The fraction of sp³-hybridized carbons (Fsp3) is 0.533. The molecule has 4 heteroatoms. The van der Waals surface area contributed by atoms with Gasteiger partial charge in [0.05, 0.1) is 0 Å². The minimum Gasteiger partial charge on any atom is -0.486 e. The Hall–Kier alpha value is -1.24. The van der Waals surface area contributed by atoms with Crippen molar-refractivity contribution in [2.24, 2.45) is 11.8 Å². The minimum absolute atomic E-state index is 0. The Labute approximate surface area is 121 Å². The van der Waals surface area contributed by atoms with Crippen molar-refractivity contribution < 1.29 is 4.74 Å². The number of hydrogen-bond donors (Lipinski definition) is 1. The lowest BCUT2D eigenvalue weighted by Gasteiger charge is -2.14. The van der Waals surface area contributed by atoms with Crippen LogP contribution in [0.15, 0.2) is 24.3 Å². The summed E-state index contributed by atoms with van der Waals surface area (Å²) in [5.41, 5.74) is 1.37. The van der Waals surface area contributed by atoms with Crippen molar-refractivity contribution in [3.05, 3.63) is 41.2 Å². The normalized spacial score (nSPS) is 21.5. The van der Waals surface area contributed by atoms with Crippen molar-refractivity contribution in [2.45, 2.75) is 13.3 Å². The van der Waals surface area contributed by atoms with Crippen LogP contribution in [0.3, 0.4) is 0 Å². The molecule has 1 saturated heterocycles. The van der Waals surface area contributed by atoms with E-state index in [4.69, 9.17) is 11.3 Å². The average Bonchev–Trinajstić information content (AvgIpc) is 2.78. The van der Waals surface area contributed by atoms with Crippen LogP contribution in [-0.2, 0) is 6.42 Å². The van der Waals surface area contributed by atoms with Gasteiger partial charge in [-0.2, -0.15) is 0 Å². The third-order valence-corrected chi connectivity index (χ3v) is 3.57. The second-order valence-corrected chi connectivity index (χ2v) is 4.97. The predicted molar refractivity (Wildman–Crippen MR) is 79.9 cm³/mol. The summed E-state index contributed by atoms with van der Waals surface area (Å²) in [7, 11) is 0. The number of rotatable bonds is 5. The summed E-state index contributed by atoms with van der Waals surface area (Å²) < 4.78 is 5.47. The molecule has 0 radical (unpaired) electrons. The number of hydrogen-bond acceptors (Lipinski definition) is 2. The van der Waals surface area contributed by atoms with Crippen LogP contribution in [0.2, 0.25) is 0 Å². The lowest BCUT2D eigenvalue weighted by Crippen LogP contribution is -2.12. The molecular weight excluding hydrogens is 260 g/mol.